The van der Waals surface area contributed by atoms with Gasteiger partial charge in [-0.1, -0.05) is 88.7 Å². The van der Waals surface area contributed by atoms with Crippen LogP contribution in [0.1, 0.15) is 22.7 Å². The summed E-state index contributed by atoms with van der Waals surface area (Å²) in [6.07, 6.45) is 0. The lowest BCUT2D eigenvalue weighted by Gasteiger charge is -2.25. The van der Waals surface area contributed by atoms with Gasteiger partial charge in [0.1, 0.15) is 18.1 Å². The Morgan fingerprint density at radius 2 is 1.42 bits per heavy atom. The molecule has 0 spiro atoms. The molecule has 1 heterocycles. The molecule has 0 saturated carbocycles. The Morgan fingerprint density at radius 3 is 2.06 bits per heavy atom. The van der Waals surface area contributed by atoms with E-state index in [2.05, 4.69) is 15.9 Å². The van der Waals surface area contributed by atoms with Gasteiger partial charge in [0.2, 0.25) is 0 Å². The SMILES string of the molecule is O=C1C(=O)N(c2ccccc2)C(c2ccc(OCc3ccccc3)cc2)/C1=C(/O)c1ccc(Br)cc1. The van der Waals surface area contributed by atoms with Crippen LogP contribution in [0.4, 0.5) is 5.69 Å². The molecule has 4 aromatic carbocycles. The highest BCUT2D eigenvalue weighted by atomic mass is 79.9. The van der Waals surface area contributed by atoms with E-state index in [1.54, 1.807) is 48.5 Å². The van der Waals surface area contributed by atoms with Crippen molar-refractivity contribution < 1.29 is 19.4 Å². The molecule has 0 aromatic heterocycles. The minimum atomic E-state index is -0.792. The van der Waals surface area contributed by atoms with Crippen LogP contribution in [-0.2, 0) is 16.2 Å². The number of ether oxygens (including phenoxy) is 1. The van der Waals surface area contributed by atoms with Crippen molar-refractivity contribution in [3.63, 3.8) is 0 Å². The van der Waals surface area contributed by atoms with E-state index in [0.29, 0.717) is 29.2 Å². The summed E-state index contributed by atoms with van der Waals surface area (Å²) in [6, 6.07) is 32.3. The minimum Gasteiger partial charge on any atom is -0.507 e. The molecule has 0 radical (unpaired) electrons. The smallest absolute Gasteiger partial charge is 0.300 e. The van der Waals surface area contributed by atoms with Gasteiger partial charge in [-0.25, -0.2) is 0 Å². The number of benzene rings is 4. The number of aliphatic hydroxyl groups excluding tert-OH is 1. The van der Waals surface area contributed by atoms with Crippen molar-refractivity contribution >= 4 is 39.1 Å². The lowest BCUT2D eigenvalue weighted by atomic mass is 9.95. The van der Waals surface area contributed by atoms with Crippen molar-refractivity contribution in [2.75, 3.05) is 4.90 Å². The van der Waals surface area contributed by atoms with Gasteiger partial charge in [0.25, 0.3) is 11.7 Å². The minimum absolute atomic E-state index is 0.0455. The highest BCUT2D eigenvalue weighted by Gasteiger charge is 2.46. The third kappa shape index (κ3) is 4.68. The molecule has 0 bridgehead atoms. The van der Waals surface area contributed by atoms with E-state index in [4.69, 9.17) is 4.74 Å². The number of amides is 1. The van der Waals surface area contributed by atoms with E-state index >= 15 is 0 Å². The van der Waals surface area contributed by atoms with Crippen molar-refractivity contribution in [1.82, 2.24) is 0 Å². The van der Waals surface area contributed by atoms with Crippen LogP contribution >= 0.6 is 15.9 Å². The topological polar surface area (TPSA) is 66.8 Å². The van der Waals surface area contributed by atoms with Crippen molar-refractivity contribution in [2.24, 2.45) is 0 Å². The van der Waals surface area contributed by atoms with Gasteiger partial charge < -0.3 is 9.84 Å². The molecule has 4 aromatic rings. The average Bonchev–Trinajstić information content (AvgIpc) is 3.19. The van der Waals surface area contributed by atoms with E-state index in [0.717, 1.165) is 10.0 Å². The molecular formula is C30H22BrNO4. The molecule has 178 valence electrons. The Hall–Kier alpha value is -4.16. The number of carbonyl (C=O) groups is 2. The number of carbonyl (C=O) groups excluding carboxylic acids is 2. The first-order chi connectivity index (χ1) is 17.5. The highest BCUT2D eigenvalue weighted by molar-refractivity contribution is 9.10. The molecule has 1 atom stereocenters. The zero-order valence-electron chi connectivity index (χ0n) is 19.2. The Bertz CT molecular complexity index is 1420. The first-order valence-corrected chi connectivity index (χ1v) is 12.2. The second-order valence-corrected chi connectivity index (χ2v) is 9.27. The summed E-state index contributed by atoms with van der Waals surface area (Å²) in [5.74, 6) is -0.969. The Labute approximate surface area is 217 Å². The fraction of sp³-hybridized carbons (Fsp3) is 0.0667. The summed E-state index contributed by atoms with van der Waals surface area (Å²) in [7, 11) is 0. The molecule has 1 saturated heterocycles. The summed E-state index contributed by atoms with van der Waals surface area (Å²) in [5, 5.41) is 11.2. The van der Waals surface area contributed by atoms with Gasteiger partial charge >= 0.3 is 0 Å². The van der Waals surface area contributed by atoms with Crippen LogP contribution in [0.15, 0.2) is 119 Å². The molecule has 6 heteroatoms. The molecule has 36 heavy (non-hydrogen) atoms. The van der Waals surface area contributed by atoms with E-state index in [1.165, 1.54) is 4.90 Å². The predicted octanol–water partition coefficient (Wildman–Crippen LogP) is 6.65. The third-order valence-electron chi connectivity index (χ3n) is 6.04. The van der Waals surface area contributed by atoms with Crippen molar-refractivity contribution in [3.05, 3.63) is 136 Å². The highest BCUT2D eigenvalue weighted by Crippen LogP contribution is 2.42. The maximum atomic E-state index is 13.2. The summed E-state index contributed by atoms with van der Waals surface area (Å²) >= 11 is 3.38. The Morgan fingerprint density at radius 1 is 0.806 bits per heavy atom. The molecule has 5 nitrogen and oxygen atoms in total. The summed E-state index contributed by atoms with van der Waals surface area (Å²) in [6.45, 7) is 0.423. The van der Waals surface area contributed by atoms with Crippen LogP contribution in [0.5, 0.6) is 5.75 Å². The van der Waals surface area contributed by atoms with E-state index in [9.17, 15) is 14.7 Å². The lowest BCUT2D eigenvalue weighted by molar-refractivity contribution is -0.132. The Kier molecular flexibility index (Phi) is 6.69. The predicted molar refractivity (Wildman–Crippen MR) is 143 cm³/mol. The monoisotopic (exact) mass is 539 g/mol. The number of Topliss-reactive ketones (excluding diaryl/α,β-unsaturated/α-hetero) is 1. The second kappa shape index (κ2) is 10.2. The van der Waals surface area contributed by atoms with Gasteiger partial charge in [0, 0.05) is 15.7 Å². The first-order valence-electron chi connectivity index (χ1n) is 11.4. The molecular weight excluding hydrogens is 518 g/mol. The van der Waals surface area contributed by atoms with Gasteiger partial charge in [-0.2, -0.15) is 0 Å². The van der Waals surface area contributed by atoms with E-state index < -0.39 is 17.7 Å². The lowest BCUT2D eigenvalue weighted by Crippen LogP contribution is -2.29. The van der Waals surface area contributed by atoms with Gasteiger partial charge in [-0.05, 0) is 47.5 Å². The quantitative estimate of drug-likeness (QED) is 0.169. The van der Waals surface area contributed by atoms with Gasteiger partial charge in [-0.3, -0.25) is 14.5 Å². The molecule has 1 amide bonds. The fourth-order valence-corrected chi connectivity index (χ4v) is 4.52. The Balaban J connectivity index is 1.54. The van der Waals surface area contributed by atoms with E-state index in [1.807, 2.05) is 60.7 Å². The number of hydrogen-bond donors (Lipinski definition) is 1. The molecule has 1 aliphatic heterocycles. The molecule has 1 unspecified atom stereocenters. The number of ketones is 1. The van der Waals surface area contributed by atoms with Crippen LogP contribution in [0.25, 0.3) is 5.76 Å². The summed E-state index contributed by atoms with van der Waals surface area (Å²) in [4.78, 5) is 27.9. The van der Waals surface area contributed by atoms with Crippen LogP contribution < -0.4 is 9.64 Å². The number of nitrogens with zero attached hydrogens (tertiary/aromatic N) is 1. The summed E-state index contributed by atoms with van der Waals surface area (Å²) < 4.78 is 6.74. The van der Waals surface area contributed by atoms with Gasteiger partial charge in [-0.15, -0.1) is 0 Å². The number of para-hydroxylation sites is 1. The average molecular weight is 540 g/mol. The van der Waals surface area contributed by atoms with Crippen molar-refractivity contribution in [3.8, 4) is 5.75 Å². The van der Waals surface area contributed by atoms with Crippen LogP contribution in [0.3, 0.4) is 0 Å². The van der Waals surface area contributed by atoms with Gasteiger partial charge in [0.15, 0.2) is 0 Å². The zero-order chi connectivity index (χ0) is 25.1. The summed E-state index contributed by atoms with van der Waals surface area (Å²) in [5.41, 5.74) is 2.81. The number of aliphatic hydroxyl groups is 1. The zero-order valence-corrected chi connectivity index (χ0v) is 20.8. The standard InChI is InChI=1S/C30H22BrNO4/c31-23-15-11-22(12-16-23)28(33)26-27(32(30(35)29(26)34)24-9-5-2-6-10-24)21-13-17-25(18-14-21)36-19-20-7-3-1-4-8-20/h1-18,27,33H,19H2/b28-26-. The van der Waals surface area contributed by atoms with E-state index in [-0.39, 0.29) is 11.3 Å². The number of halogens is 1. The second-order valence-electron chi connectivity index (χ2n) is 8.35. The maximum absolute atomic E-state index is 13.2. The number of hydrogen-bond acceptors (Lipinski definition) is 4. The molecule has 1 fully saturated rings. The van der Waals surface area contributed by atoms with Crippen LogP contribution in [0.2, 0.25) is 0 Å². The number of rotatable bonds is 6. The van der Waals surface area contributed by atoms with Crippen LogP contribution in [-0.4, -0.2) is 16.8 Å². The third-order valence-corrected chi connectivity index (χ3v) is 6.57. The van der Waals surface area contributed by atoms with Crippen LogP contribution in [0, 0.1) is 0 Å². The molecule has 1 N–H and O–H groups in total. The fourth-order valence-electron chi connectivity index (χ4n) is 4.25. The van der Waals surface area contributed by atoms with Crippen molar-refractivity contribution in [2.45, 2.75) is 12.6 Å². The molecule has 0 aliphatic carbocycles. The normalized spacial score (nSPS) is 16.8. The molecule has 5 rings (SSSR count). The first kappa shape index (κ1) is 23.6. The maximum Gasteiger partial charge on any atom is 0.300 e. The van der Waals surface area contributed by atoms with Gasteiger partial charge in [0.05, 0.1) is 11.6 Å². The largest absolute Gasteiger partial charge is 0.507 e. The van der Waals surface area contributed by atoms with Crippen molar-refractivity contribution in [1.29, 1.82) is 0 Å². The number of anilines is 1. The molecule has 1 aliphatic rings.